The molecule has 8 heteroatoms. The van der Waals surface area contributed by atoms with Crippen LogP contribution in [0.3, 0.4) is 0 Å². The van der Waals surface area contributed by atoms with E-state index in [1.54, 1.807) is 13.8 Å². The van der Waals surface area contributed by atoms with Crippen molar-refractivity contribution in [3.63, 3.8) is 0 Å². The van der Waals surface area contributed by atoms with Gasteiger partial charge < -0.3 is 30.6 Å². The summed E-state index contributed by atoms with van der Waals surface area (Å²) in [5, 5.41) is 69.5. The number of phenols is 6. The largest absolute Gasteiger partial charge is 0.507 e. The highest BCUT2D eigenvalue weighted by Gasteiger charge is 2.33. The highest BCUT2D eigenvalue weighted by molar-refractivity contribution is 6.51. The maximum Gasteiger partial charge on any atom is 0.190 e. The molecule has 184 valence electrons. The molecular weight excluding hydrogens is 488 g/mol. The van der Waals surface area contributed by atoms with E-state index in [9.17, 15) is 40.2 Å². The average Bonchev–Trinajstić information content (AvgIpc) is 2.82. The number of benzene rings is 8. The van der Waals surface area contributed by atoms with Gasteiger partial charge in [-0.2, -0.15) is 0 Å². The van der Waals surface area contributed by atoms with Crippen LogP contribution in [-0.4, -0.2) is 30.6 Å². The third kappa shape index (κ3) is 1.93. The van der Waals surface area contributed by atoms with Crippen LogP contribution in [0.25, 0.3) is 75.4 Å². The van der Waals surface area contributed by atoms with E-state index >= 15 is 0 Å². The van der Waals surface area contributed by atoms with Crippen LogP contribution in [0.4, 0.5) is 0 Å². The van der Waals surface area contributed by atoms with Crippen molar-refractivity contribution in [2.24, 2.45) is 0 Å². The van der Waals surface area contributed by atoms with Crippen molar-refractivity contribution in [3.05, 3.63) is 55.8 Å². The molecule has 0 spiro atoms. The van der Waals surface area contributed by atoms with Crippen molar-refractivity contribution in [2.75, 3.05) is 0 Å². The highest BCUT2D eigenvalue weighted by atomic mass is 16.3. The lowest BCUT2D eigenvalue weighted by molar-refractivity contribution is 0.453. The Kier molecular flexibility index (Phi) is 3.30. The van der Waals surface area contributed by atoms with Gasteiger partial charge in [-0.25, -0.2) is 0 Å². The third-order valence-corrected chi connectivity index (χ3v) is 8.25. The van der Waals surface area contributed by atoms with E-state index < -0.39 is 39.6 Å². The lowest BCUT2D eigenvalue weighted by Crippen LogP contribution is -2.08. The second kappa shape index (κ2) is 6.00. The van der Waals surface area contributed by atoms with Gasteiger partial charge in [0.1, 0.15) is 34.5 Å². The van der Waals surface area contributed by atoms with Crippen LogP contribution in [-0.2, 0) is 0 Å². The Balaban J connectivity index is 2.04. The van der Waals surface area contributed by atoms with E-state index in [0.29, 0.717) is 43.4 Å². The van der Waals surface area contributed by atoms with Crippen LogP contribution in [0, 0.1) is 13.8 Å². The van der Waals surface area contributed by atoms with E-state index in [2.05, 4.69) is 0 Å². The normalized spacial score (nSPS) is 12.8. The van der Waals surface area contributed by atoms with Gasteiger partial charge >= 0.3 is 0 Å². The monoisotopic (exact) mass is 504 g/mol. The molecule has 0 heterocycles. The predicted molar refractivity (Wildman–Crippen MR) is 146 cm³/mol. The molecule has 8 nitrogen and oxygen atoms in total. The fraction of sp³-hybridized carbons (Fsp3) is 0.0667. The molecule has 0 aliphatic heterocycles. The molecule has 0 aliphatic carbocycles. The molecule has 0 aromatic heterocycles. The zero-order valence-electron chi connectivity index (χ0n) is 19.8. The van der Waals surface area contributed by atoms with E-state index in [4.69, 9.17) is 0 Å². The van der Waals surface area contributed by atoms with E-state index in [1.165, 1.54) is 12.1 Å². The first kappa shape index (κ1) is 20.9. The van der Waals surface area contributed by atoms with Crippen molar-refractivity contribution >= 4 is 75.4 Å². The second-order valence-electron chi connectivity index (χ2n) is 10.2. The van der Waals surface area contributed by atoms with Gasteiger partial charge in [0.2, 0.25) is 0 Å². The minimum atomic E-state index is -0.657. The molecule has 0 amide bonds. The number of rotatable bonds is 0. The van der Waals surface area contributed by atoms with Gasteiger partial charge in [0, 0.05) is 55.2 Å². The Morgan fingerprint density at radius 3 is 1.37 bits per heavy atom. The molecule has 0 bridgehead atoms. The van der Waals surface area contributed by atoms with E-state index in [1.807, 2.05) is 0 Å². The number of phenolic OH excluding ortho intramolecular Hbond substituents is 6. The van der Waals surface area contributed by atoms with Gasteiger partial charge in [0.15, 0.2) is 10.9 Å². The zero-order valence-corrected chi connectivity index (χ0v) is 19.8. The predicted octanol–water partition coefficient (Wildman–Crippen LogP) is 5.08. The van der Waals surface area contributed by atoms with Crippen molar-refractivity contribution in [1.82, 2.24) is 0 Å². The Morgan fingerprint density at radius 1 is 0.368 bits per heavy atom. The van der Waals surface area contributed by atoms with Crippen molar-refractivity contribution in [3.8, 4) is 34.5 Å². The Labute approximate surface area is 210 Å². The molecule has 0 saturated heterocycles. The van der Waals surface area contributed by atoms with Crippen LogP contribution in [0.15, 0.2) is 33.9 Å². The Morgan fingerprint density at radius 2 is 0.737 bits per heavy atom. The number of aryl methyl sites for hydroxylation is 2. The minimum absolute atomic E-state index is 0.00600. The molecular formula is C30H16O8. The molecule has 0 radical (unpaired) electrons. The molecule has 0 saturated carbocycles. The molecule has 8 aromatic rings. The van der Waals surface area contributed by atoms with Crippen LogP contribution < -0.4 is 10.9 Å². The lowest BCUT2D eigenvalue weighted by Gasteiger charge is -2.25. The van der Waals surface area contributed by atoms with Crippen LogP contribution in [0.2, 0.25) is 0 Å². The molecule has 6 N–H and O–H groups in total. The van der Waals surface area contributed by atoms with E-state index in [0.717, 1.165) is 12.1 Å². The topological polar surface area (TPSA) is 156 Å². The molecule has 0 aliphatic rings. The number of fused-ring (bicyclic) bond motifs is 2. The van der Waals surface area contributed by atoms with Crippen molar-refractivity contribution < 1.29 is 30.6 Å². The maximum absolute atomic E-state index is 13.4. The highest BCUT2D eigenvalue weighted by Crippen LogP contribution is 2.59. The second-order valence-corrected chi connectivity index (χ2v) is 10.2. The molecule has 8 rings (SSSR count). The zero-order chi connectivity index (χ0) is 26.7. The van der Waals surface area contributed by atoms with Crippen LogP contribution in [0.5, 0.6) is 34.5 Å². The molecule has 38 heavy (non-hydrogen) atoms. The van der Waals surface area contributed by atoms with Gasteiger partial charge in [0.25, 0.3) is 0 Å². The van der Waals surface area contributed by atoms with Gasteiger partial charge in [-0.3, -0.25) is 9.59 Å². The number of aromatic hydroxyl groups is 6. The van der Waals surface area contributed by atoms with Crippen molar-refractivity contribution in [2.45, 2.75) is 13.8 Å². The summed E-state index contributed by atoms with van der Waals surface area (Å²) < 4.78 is 0. The van der Waals surface area contributed by atoms with Gasteiger partial charge in [0.05, 0.1) is 21.5 Å². The quantitative estimate of drug-likeness (QED) is 0.123. The number of hydrogen-bond donors (Lipinski definition) is 6. The number of hydrogen-bond acceptors (Lipinski definition) is 8. The van der Waals surface area contributed by atoms with Gasteiger partial charge in [-0.1, -0.05) is 0 Å². The first-order valence-electron chi connectivity index (χ1n) is 11.8. The summed E-state index contributed by atoms with van der Waals surface area (Å²) in [5.74, 6) is -2.62. The third-order valence-electron chi connectivity index (χ3n) is 8.25. The Hall–Kier alpha value is -5.24. The summed E-state index contributed by atoms with van der Waals surface area (Å²) in [4.78, 5) is 26.8. The fourth-order valence-electron chi connectivity index (χ4n) is 6.99. The van der Waals surface area contributed by atoms with Gasteiger partial charge in [-0.05, 0) is 47.9 Å². The van der Waals surface area contributed by atoms with Crippen molar-refractivity contribution in [1.29, 1.82) is 0 Å². The summed E-state index contributed by atoms with van der Waals surface area (Å²) >= 11 is 0. The summed E-state index contributed by atoms with van der Waals surface area (Å²) in [6, 6.07) is 4.77. The lowest BCUT2D eigenvalue weighted by atomic mass is 9.78. The average molecular weight is 504 g/mol. The van der Waals surface area contributed by atoms with Crippen LogP contribution in [0.1, 0.15) is 11.1 Å². The molecule has 0 unspecified atom stereocenters. The molecule has 0 atom stereocenters. The minimum Gasteiger partial charge on any atom is -0.507 e. The summed E-state index contributed by atoms with van der Waals surface area (Å²) in [6.07, 6.45) is 0. The summed E-state index contributed by atoms with van der Waals surface area (Å²) in [6.45, 7) is 3.50. The van der Waals surface area contributed by atoms with E-state index in [-0.39, 0.29) is 48.8 Å². The van der Waals surface area contributed by atoms with Crippen LogP contribution >= 0.6 is 0 Å². The SMILES string of the molecule is Cc1cc(O)c2c(O)c3c(O)cc(=O)c4c5c(O)cc(O)c6c(O)c7c(=O)cc(C)c8c1c2c(c34)c(c65)c78. The summed E-state index contributed by atoms with van der Waals surface area (Å²) in [5.41, 5.74) is 0.0562. The first-order chi connectivity index (χ1) is 18.0. The maximum atomic E-state index is 13.4. The standard InChI is InChI=1S/C30H16O8/c1-7-3-9(31)19-23-15(7)16-8(2)4-10(32)20-24(16)28-26-18(12(34)6-14(36)22(26)30(20)38)17-11(33)5-13(35)21(29(19)37)25(17)27(23)28/h3-6,31,34-38H,1-2H3. The first-order valence-corrected chi connectivity index (χ1v) is 11.8. The molecule has 8 aromatic carbocycles. The Bertz CT molecular complexity index is 2510. The fourth-order valence-corrected chi connectivity index (χ4v) is 6.99. The summed E-state index contributed by atoms with van der Waals surface area (Å²) in [7, 11) is 0. The molecule has 0 fully saturated rings. The van der Waals surface area contributed by atoms with Gasteiger partial charge in [-0.15, -0.1) is 0 Å². The smallest absolute Gasteiger partial charge is 0.190 e.